The van der Waals surface area contributed by atoms with Crippen molar-refractivity contribution in [1.29, 1.82) is 0 Å². The third kappa shape index (κ3) is 3.85. The maximum absolute atomic E-state index is 11.4. The summed E-state index contributed by atoms with van der Waals surface area (Å²) in [6, 6.07) is 4.82. The first kappa shape index (κ1) is 15.6. The highest BCUT2D eigenvalue weighted by Gasteiger charge is 2.29. The van der Waals surface area contributed by atoms with Gasteiger partial charge in [-0.05, 0) is 45.2 Å². The number of rotatable bonds is 5. The number of nitro groups is 1. The van der Waals surface area contributed by atoms with Crippen molar-refractivity contribution in [2.24, 2.45) is 5.73 Å². The van der Waals surface area contributed by atoms with Crippen molar-refractivity contribution in [1.82, 2.24) is 0 Å². The van der Waals surface area contributed by atoms with E-state index >= 15 is 0 Å². The lowest BCUT2D eigenvalue weighted by Gasteiger charge is -2.29. The van der Waals surface area contributed by atoms with Crippen LogP contribution in [0.4, 0.5) is 5.69 Å². The van der Waals surface area contributed by atoms with Gasteiger partial charge in [0.05, 0.1) is 11.0 Å². The van der Waals surface area contributed by atoms with Gasteiger partial charge < -0.3 is 15.2 Å². The van der Waals surface area contributed by atoms with Crippen LogP contribution in [0.25, 0.3) is 0 Å². The third-order valence-electron chi connectivity index (χ3n) is 3.54. The molecule has 6 nitrogen and oxygen atoms in total. The number of nitro benzene ring substituents is 1. The summed E-state index contributed by atoms with van der Waals surface area (Å²) < 4.78 is 11.3. The second-order valence-electron chi connectivity index (χ2n) is 5.63. The summed E-state index contributed by atoms with van der Waals surface area (Å²) in [6.07, 6.45) is 3.52. The van der Waals surface area contributed by atoms with E-state index in [0.29, 0.717) is 0 Å². The van der Waals surface area contributed by atoms with E-state index in [-0.39, 0.29) is 35.4 Å². The van der Waals surface area contributed by atoms with Gasteiger partial charge in [0.1, 0.15) is 6.10 Å². The van der Waals surface area contributed by atoms with Crippen molar-refractivity contribution >= 4 is 5.69 Å². The zero-order valence-corrected chi connectivity index (χ0v) is 12.5. The normalized spacial score (nSPS) is 22.1. The summed E-state index contributed by atoms with van der Waals surface area (Å²) in [5.74, 6) is 0.470. The first-order valence-corrected chi connectivity index (χ1v) is 7.35. The van der Waals surface area contributed by atoms with Crippen LogP contribution in [0, 0.1) is 10.1 Å². The first-order valence-electron chi connectivity index (χ1n) is 7.35. The van der Waals surface area contributed by atoms with E-state index in [1.165, 1.54) is 0 Å². The van der Waals surface area contributed by atoms with E-state index in [1.54, 1.807) is 18.2 Å². The van der Waals surface area contributed by atoms with Gasteiger partial charge in [0.15, 0.2) is 0 Å². The Labute approximate surface area is 124 Å². The van der Waals surface area contributed by atoms with Gasteiger partial charge in [-0.1, -0.05) is 12.5 Å². The van der Waals surface area contributed by atoms with Gasteiger partial charge in [0.25, 0.3) is 0 Å². The van der Waals surface area contributed by atoms with Crippen LogP contribution in [0.3, 0.4) is 0 Å². The molecule has 0 radical (unpaired) electrons. The summed E-state index contributed by atoms with van der Waals surface area (Å²) in [7, 11) is 0. The molecule has 0 heterocycles. The van der Waals surface area contributed by atoms with Gasteiger partial charge in [-0.2, -0.15) is 0 Å². The largest absolute Gasteiger partial charge is 0.484 e. The number of para-hydroxylation sites is 1. The third-order valence-corrected chi connectivity index (χ3v) is 3.54. The average Bonchev–Trinajstić information content (AvgIpc) is 2.40. The molecule has 0 bridgehead atoms. The van der Waals surface area contributed by atoms with Crippen LogP contribution in [0.1, 0.15) is 39.5 Å². The number of nitrogens with two attached hydrogens (primary N) is 1. The minimum absolute atomic E-state index is 0.0759. The minimum atomic E-state index is -0.457. The van der Waals surface area contributed by atoms with Crippen molar-refractivity contribution < 1.29 is 14.4 Å². The van der Waals surface area contributed by atoms with Gasteiger partial charge in [-0.3, -0.25) is 10.1 Å². The summed E-state index contributed by atoms with van der Waals surface area (Å²) in [4.78, 5) is 10.9. The molecule has 1 aromatic carbocycles. The van der Waals surface area contributed by atoms with Gasteiger partial charge in [0, 0.05) is 6.04 Å². The molecule has 0 aromatic heterocycles. The average molecular weight is 294 g/mol. The maximum Gasteiger partial charge on any atom is 0.352 e. The van der Waals surface area contributed by atoms with Crippen LogP contribution >= 0.6 is 0 Å². The van der Waals surface area contributed by atoms with Gasteiger partial charge in [-0.15, -0.1) is 0 Å². The molecule has 1 aromatic rings. The predicted octanol–water partition coefficient (Wildman–Crippen LogP) is 3.03. The van der Waals surface area contributed by atoms with Crippen LogP contribution in [0.15, 0.2) is 18.2 Å². The van der Waals surface area contributed by atoms with Crippen molar-refractivity contribution in [3.8, 4) is 11.5 Å². The molecule has 1 saturated carbocycles. The Balaban J connectivity index is 2.27. The van der Waals surface area contributed by atoms with Gasteiger partial charge >= 0.3 is 5.69 Å². The Hall–Kier alpha value is -1.82. The fourth-order valence-corrected chi connectivity index (χ4v) is 2.56. The van der Waals surface area contributed by atoms with Crippen LogP contribution in [0.2, 0.25) is 0 Å². The summed E-state index contributed by atoms with van der Waals surface area (Å²) >= 11 is 0. The molecule has 2 unspecified atom stereocenters. The number of ether oxygens (including phenoxy) is 2. The zero-order valence-electron chi connectivity index (χ0n) is 12.5. The predicted molar refractivity (Wildman–Crippen MR) is 79.7 cm³/mol. The highest BCUT2D eigenvalue weighted by Crippen LogP contribution is 2.38. The summed E-state index contributed by atoms with van der Waals surface area (Å²) in [5, 5.41) is 11.4. The van der Waals surface area contributed by atoms with Crippen LogP contribution in [-0.4, -0.2) is 23.2 Å². The molecule has 2 rings (SSSR count). The highest BCUT2D eigenvalue weighted by atomic mass is 16.6. The Kier molecular flexibility index (Phi) is 5.01. The highest BCUT2D eigenvalue weighted by molar-refractivity contribution is 5.57. The van der Waals surface area contributed by atoms with Crippen LogP contribution < -0.4 is 15.2 Å². The van der Waals surface area contributed by atoms with E-state index in [0.717, 1.165) is 25.7 Å². The van der Waals surface area contributed by atoms with E-state index in [1.807, 2.05) is 13.8 Å². The second kappa shape index (κ2) is 6.76. The van der Waals surface area contributed by atoms with Crippen molar-refractivity contribution in [3.05, 3.63) is 28.3 Å². The van der Waals surface area contributed by atoms with E-state index in [9.17, 15) is 10.1 Å². The molecule has 1 aliphatic carbocycles. The molecule has 1 aliphatic rings. The Morgan fingerprint density at radius 1 is 1.29 bits per heavy atom. The van der Waals surface area contributed by atoms with Crippen LogP contribution in [0.5, 0.6) is 11.5 Å². The Morgan fingerprint density at radius 2 is 1.95 bits per heavy atom. The molecular formula is C15H22N2O4. The first-order chi connectivity index (χ1) is 9.99. The molecule has 6 heteroatoms. The van der Waals surface area contributed by atoms with Crippen molar-refractivity contribution in [3.63, 3.8) is 0 Å². The fraction of sp³-hybridized carbons (Fsp3) is 0.600. The summed E-state index contributed by atoms with van der Waals surface area (Å²) in [5.41, 5.74) is 5.92. The van der Waals surface area contributed by atoms with Crippen LogP contribution in [-0.2, 0) is 0 Å². The topological polar surface area (TPSA) is 87.6 Å². The lowest BCUT2D eigenvalue weighted by molar-refractivity contribution is -0.387. The number of hydrogen-bond donors (Lipinski definition) is 1. The molecule has 2 atom stereocenters. The van der Waals surface area contributed by atoms with E-state index in [4.69, 9.17) is 15.2 Å². The van der Waals surface area contributed by atoms with Crippen molar-refractivity contribution in [2.45, 2.75) is 57.8 Å². The Morgan fingerprint density at radius 3 is 2.57 bits per heavy atom. The molecule has 0 aliphatic heterocycles. The standard InChI is InChI=1S/C15H22N2O4/c1-10(2)20-13-8-5-9-14(15(13)17(18)19)21-12-7-4-3-6-11(12)16/h5,8-12H,3-4,6-7,16H2,1-2H3. The molecule has 116 valence electrons. The quantitative estimate of drug-likeness (QED) is 0.666. The smallest absolute Gasteiger partial charge is 0.352 e. The Bertz CT molecular complexity index is 504. The molecule has 1 fully saturated rings. The monoisotopic (exact) mass is 294 g/mol. The number of nitrogens with zero attached hydrogens (tertiary/aromatic N) is 1. The lowest BCUT2D eigenvalue weighted by atomic mass is 9.93. The molecule has 21 heavy (non-hydrogen) atoms. The maximum atomic E-state index is 11.4. The van der Waals surface area contributed by atoms with Gasteiger partial charge in [-0.25, -0.2) is 0 Å². The summed E-state index contributed by atoms with van der Waals surface area (Å²) in [6.45, 7) is 3.66. The fourth-order valence-electron chi connectivity index (χ4n) is 2.56. The zero-order chi connectivity index (χ0) is 15.4. The molecular weight excluding hydrogens is 272 g/mol. The number of benzene rings is 1. The van der Waals surface area contributed by atoms with Crippen molar-refractivity contribution in [2.75, 3.05) is 0 Å². The second-order valence-corrected chi connectivity index (χ2v) is 5.63. The van der Waals surface area contributed by atoms with E-state index < -0.39 is 4.92 Å². The lowest BCUT2D eigenvalue weighted by Crippen LogP contribution is -2.41. The molecule has 0 spiro atoms. The molecule has 2 N–H and O–H groups in total. The minimum Gasteiger partial charge on any atom is -0.484 e. The SMILES string of the molecule is CC(C)Oc1cccc(OC2CCCCC2N)c1[N+](=O)[O-]. The number of hydrogen-bond acceptors (Lipinski definition) is 5. The van der Waals surface area contributed by atoms with Gasteiger partial charge in [0.2, 0.25) is 11.5 Å². The molecule has 0 amide bonds. The molecule has 0 saturated heterocycles. The van der Waals surface area contributed by atoms with E-state index in [2.05, 4.69) is 0 Å².